The second-order valence-electron chi connectivity index (χ2n) is 5.96. The first-order valence-electron chi connectivity index (χ1n) is 6.97. The van der Waals surface area contributed by atoms with Gasteiger partial charge in [0.25, 0.3) is 5.91 Å². The molecule has 1 fully saturated rings. The minimum Gasteiger partial charge on any atom is -0.388 e. The van der Waals surface area contributed by atoms with E-state index in [1.165, 1.54) is 22.6 Å². The number of nitrogens with one attached hydrogen (secondary N) is 1. The van der Waals surface area contributed by atoms with Crippen LogP contribution < -0.4 is 5.32 Å². The fourth-order valence-corrected chi connectivity index (χ4v) is 3.76. The van der Waals surface area contributed by atoms with Gasteiger partial charge in [-0.3, -0.25) is 4.79 Å². The Kier molecular flexibility index (Phi) is 4.31. The van der Waals surface area contributed by atoms with Gasteiger partial charge in [0.05, 0.1) is 10.5 Å². The van der Waals surface area contributed by atoms with Gasteiger partial charge < -0.3 is 10.4 Å². The molecule has 0 radical (unpaired) electrons. The smallest absolute Gasteiger partial charge is 0.261 e. The third-order valence-electron chi connectivity index (χ3n) is 4.04. The maximum atomic E-state index is 12.1. The Morgan fingerprint density at radius 2 is 2.32 bits per heavy atom. The molecule has 1 aromatic heterocycles. The summed E-state index contributed by atoms with van der Waals surface area (Å²) in [4.78, 5) is 14.0. The number of hydrogen-bond acceptors (Lipinski definition) is 3. The molecule has 2 N–H and O–H groups in total. The Morgan fingerprint density at radius 1 is 1.58 bits per heavy atom. The summed E-state index contributed by atoms with van der Waals surface area (Å²) < 4.78 is 0. The van der Waals surface area contributed by atoms with Crippen LogP contribution in [0.4, 0.5) is 0 Å². The van der Waals surface area contributed by atoms with Crippen LogP contribution in [-0.2, 0) is 0 Å². The van der Waals surface area contributed by atoms with Gasteiger partial charge >= 0.3 is 0 Å². The largest absolute Gasteiger partial charge is 0.388 e. The minimum atomic E-state index is -0.714. The first kappa shape index (κ1) is 14.5. The van der Waals surface area contributed by atoms with E-state index in [9.17, 15) is 9.90 Å². The molecule has 1 aliphatic rings. The number of rotatable bonds is 3. The highest BCUT2D eigenvalue weighted by molar-refractivity contribution is 7.14. The molecular formula is C15H23NO2S. The molecule has 3 nitrogen and oxygen atoms in total. The normalized spacial score (nSPS) is 27.3. The van der Waals surface area contributed by atoms with Crippen LogP contribution in [0, 0.1) is 19.8 Å². The Bertz CT molecular complexity index is 449. The van der Waals surface area contributed by atoms with Crippen LogP contribution in [0.15, 0.2) is 6.07 Å². The quantitative estimate of drug-likeness (QED) is 0.894. The third-order valence-corrected chi connectivity index (χ3v) is 5.19. The molecule has 2 atom stereocenters. The summed E-state index contributed by atoms with van der Waals surface area (Å²) in [6, 6.07) is 1.92. The Morgan fingerprint density at radius 3 is 2.89 bits per heavy atom. The highest BCUT2D eigenvalue weighted by Crippen LogP contribution is 2.31. The first-order valence-corrected chi connectivity index (χ1v) is 7.79. The molecule has 1 amide bonds. The molecule has 1 heterocycles. The van der Waals surface area contributed by atoms with Crippen LogP contribution >= 0.6 is 11.3 Å². The summed E-state index contributed by atoms with van der Waals surface area (Å²) in [6.07, 6.45) is 3.81. The van der Waals surface area contributed by atoms with Gasteiger partial charge in [0, 0.05) is 11.4 Å². The number of carbonyl (C=O) groups is 1. The zero-order valence-corrected chi connectivity index (χ0v) is 12.8. The molecule has 0 bridgehead atoms. The number of hydrogen-bond donors (Lipinski definition) is 2. The molecule has 0 saturated heterocycles. The topological polar surface area (TPSA) is 49.3 Å². The molecule has 2 unspecified atom stereocenters. The van der Waals surface area contributed by atoms with Gasteiger partial charge in [0.15, 0.2) is 0 Å². The average molecular weight is 281 g/mol. The van der Waals surface area contributed by atoms with Crippen molar-refractivity contribution in [3.63, 3.8) is 0 Å². The summed E-state index contributed by atoms with van der Waals surface area (Å²) in [6.45, 7) is 6.57. The van der Waals surface area contributed by atoms with Gasteiger partial charge in [-0.15, -0.1) is 11.3 Å². The van der Waals surface area contributed by atoms with Crippen LogP contribution in [0.5, 0.6) is 0 Å². The van der Waals surface area contributed by atoms with Crippen LogP contribution in [-0.4, -0.2) is 23.2 Å². The summed E-state index contributed by atoms with van der Waals surface area (Å²) in [5, 5.41) is 13.4. The van der Waals surface area contributed by atoms with Gasteiger partial charge in [0.1, 0.15) is 0 Å². The van der Waals surface area contributed by atoms with Crippen molar-refractivity contribution in [1.29, 1.82) is 0 Å². The molecule has 1 aliphatic carbocycles. The highest BCUT2D eigenvalue weighted by Gasteiger charge is 2.33. The zero-order chi connectivity index (χ0) is 14.0. The molecule has 2 rings (SSSR count). The SMILES string of the molecule is Cc1cc(C(=O)NCC2(O)CCCC(C)C2)sc1C. The second kappa shape index (κ2) is 5.63. The van der Waals surface area contributed by atoms with E-state index in [-0.39, 0.29) is 5.91 Å². The predicted molar refractivity (Wildman–Crippen MR) is 78.7 cm³/mol. The van der Waals surface area contributed by atoms with Crippen molar-refractivity contribution in [2.24, 2.45) is 5.92 Å². The van der Waals surface area contributed by atoms with Crippen molar-refractivity contribution < 1.29 is 9.90 Å². The maximum absolute atomic E-state index is 12.1. The lowest BCUT2D eigenvalue weighted by Crippen LogP contribution is -2.45. The van der Waals surface area contributed by atoms with Crippen molar-refractivity contribution >= 4 is 17.2 Å². The second-order valence-corrected chi connectivity index (χ2v) is 7.21. The van der Waals surface area contributed by atoms with Gasteiger partial charge in [0.2, 0.25) is 0 Å². The molecule has 1 aromatic rings. The summed E-state index contributed by atoms with van der Waals surface area (Å²) in [5.41, 5.74) is 0.439. The molecule has 106 valence electrons. The first-order chi connectivity index (χ1) is 8.89. The molecule has 19 heavy (non-hydrogen) atoms. The lowest BCUT2D eigenvalue weighted by molar-refractivity contribution is -0.0109. The van der Waals surface area contributed by atoms with E-state index in [4.69, 9.17) is 0 Å². The lowest BCUT2D eigenvalue weighted by Gasteiger charge is -2.35. The molecule has 0 aliphatic heterocycles. The molecular weight excluding hydrogens is 258 g/mol. The number of aliphatic hydroxyl groups is 1. The summed E-state index contributed by atoms with van der Waals surface area (Å²) >= 11 is 1.51. The average Bonchev–Trinajstić information content (AvgIpc) is 2.67. The van der Waals surface area contributed by atoms with Crippen molar-refractivity contribution in [2.75, 3.05) is 6.54 Å². The molecule has 1 saturated carbocycles. The van der Waals surface area contributed by atoms with E-state index < -0.39 is 5.60 Å². The van der Waals surface area contributed by atoms with Gasteiger partial charge in [-0.25, -0.2) is 0 Å². The van der Waals surface area contributed by atoms with Crippen molar-refractivity contribution in [3.05, 3.63) is 21.4 Å². The summed E-state index contributed by atoms with van der Waals surface area (Å²) in [7, 11) is 0. The van der Waals surface area contributed by atoms with E-state index >= 15 is 0 Å². The van der Waals surface area contributed by atoms with Crippen LogP contribution in [0.2, 0.25) is 0 Å². The van der Waals surface area contributed by atoms with Crippen LogP contribution in [0.25, 0.3) is 0 Å². The van der Waals surface area contributed by atoms with Crippen LogP contribution in [0.3, 0.4) is 0 Å². The molecule has 4 heteroatoms. The van der Waals surface area contributed by atoms with Crippen molar-refractivity contribution in [3.8, 4) is 0 Å². The van der Waals surface area contributed by atoms with Gasteiger partial charge in [-0.1, -0.05) is 19.8 Å². The minimum absolute atomic E-state index is 0.0622. The van der Waals surface area contributed by atoms with E-state index in [0.717, 1.165) is 29.7 Å². The van der Waals surface area contributed by atoms with Gasteiger partial charge in [-0.05, 0) is 44.2 Å². The summed E-state index contributed by atoms with van der Waals surface area (Å²) in [5.74, 6) is 0.481. The standard InChI is InChI=1S/C15H23NO2S/c1-10-5-4-6-15(18,8-10)9-16-14(17)13-7-11(2)12(3)19-13/h7,10,18H,4-6,8-9H2,1-3H3,(H,16,17). The van der Waals surface area contributed by atoms with Gasteiger partial charge in [-0.2, -0.15) is 0 Å². The van der Waals surface area contributed by atoms with Crippen LogP contribution in [0.1, 0.15) is 52.7 Å². The van der Waals surface area contributed by atoms with E-state index in [2.05, 4.69) is 12.2 Å². The van der Waals surface area contributed by atoms with Crippen molar-refractivity contribution in [1.82, 2.24) is 5.32 Å². The highest BCUT2D eigenvalue weighted by atomic mass is 32.1. The number of thiophene rings is 1. The number of amides is 1. The number of aryl methyl sites for hydroxylation is 2. The molecule has 0 aromatic carbocycles. The van der Waals surface area contributed by atoms with Crippen molar-refractivity contribution in [2.45, 2.75) is 52.1 Å². The van der Waals surface area contributed by atoms with E-state index in [0.29, 0.717) is 12.5 Å². The maximum Gasteiger partial charge on any atom is 0.261 e. The molecule has 0 spiro atoms. The predicted octanol–water partition coefficient (Wildman–Crippen LogP) is 3.04. The third kappa shape index (κ3) is 3.57. The van der Waals surface area contributed by atoms with E-state index in [1.54, 1.807) is 0 Å². The Balaban J connectivity index is 1.93. The monoisotopic (exact) mass is 281 g/mol. The number of carbonyl (C=O) groups excluding carboxylic acids is 1. The zero-order valence-electron chi connectivity index (χ0n) is 12.0. The Labute approximate surface area is 119 Å². The Hall–Kier alpha value is -0.870. The lowest BCUT2D eigenvalue weighted by atomic mass is 9.79. The fraction of sp³-hybridized carbons (Fsp3) is 0.667. The van der Waals surface area contributed by atoms with E-state index in [1.807, 2.05) is 19.9 Å². The fourth-order valence-electron chi connectivity index (χ4n) is 2.81.